The Morgan fingerprint density at radius 1 is 1.25 bits per heavy atom. The minimum atomic E-state index is -2.18. The van der Waals surface area contributed by atoms with Crippen LogP contribution >= 0.6 is 11.6 Å². The predicted molar refractivity (Wildman–Crippen MR) is 69.9 cm³/mol. The van der Waals surface area contributed by atoms with Crippen molar-refractivity contribution in [3.8, 4) is 11.3 Å². The van der Waals surface area contributed by atoms with Gasteiger partial charge in [0.2, 0.25) is 0 Å². The molecule has 0 aliphatic heterocycles. The third-order valence-corrected chi connectivity index (χ3v) is 8.53. The van der Waals surface area contributed by atoms with E-state index in [9.17, 15) is 0 Å². The van der Waals surface area contributed by atoms with Crippen molar-refractivity contribution in [2.45, 2.75) is 14.8 Å². The van der Waals surface area contributed by atoms with Gasteiger partial charge in [0, 0.05) is 0 Å². The van der Waals surface area contributed by atoms with Crippen LogP contribution in [0.25, 0.3) is 11.3 Å². The fourth-order valence-electron chi connectivity index (χ4n) is 1.71. The monoisotopic (exact) mass is 343 g/mol. The average molecular weight is 342 g/mol. The van der Waals surface area contributed by atoms with Crippen molar-refractivity contribution in [3.05, 3.63) is 35.9 Å². The number of hydrogen-bond donors (Lipinski definition) is 0. The molecule has 0 N–H and O–H groups in total. The zero-order valence-corrected chi connectivity index (χ0v) is 13.2. The molecule has 16 heavy (non-hydrogen) atoms. The van der Waals surface area contributed by atoms with Gasteiger partial charge in [0.1, 0.15) is 0 Å². The molecule has 1 aromatic heterocycles. The van der Waals surface area contributed by atoms with Crippen LogP contribution in [0.4, 0.5) is 0 Å². The average Bonchev–Trinajstić information content (AvgIpc) is 2.69. The quantitative estimate of drug-likeness (QED) is 0.780. The van der Waals surface area contributed by atoms with Crippen molar-refractivity contribution < 1.29 is 4.42 Å². The Kier molecular flexibility index (Phi) is 3.31. The molecule has 0 unspecified atom stereocenters. The predicted octanol–water partition coefficient (Wildman–Crippen LogP) is 3.54. The standard InChI is InChI=1S/C9H5ClNO.3CH3.Sn/c10-8-3-1-7(2-4-8)9-5-12-6-11-9;;;;/h1,3-6H;3*1H3;. The van der Waals surface area contributed by atoms with Crippen LogP contribution in [0, 0.1) is 0 Å². The summed E-state index contributed by atoms with van der Waals surface area (Å²) in [4.78, 5) is 11.3. The molecule has 0 atom stereocenters. The second-order valence-electron chi connectivity index (χ2n) is 4.81. The van der Waals surface area contributed by atoms with E-state index >= 15 is 0 Å². The van der Waals surface area contributed by atoms with Gasteiger partial charge in [-0.05, 0) is 0 Å². The van der Waals surface area contributed by atoms with E-state index in [4.69, 9.17) is 16.0 Å². The first-order valence-electron chi connectivity index (χ1n) is 5.17. The molecule has 4 heteroatoms. The molecular weight excluding hydrogens is 328 g/mol. The SMILES string of the molecule is [CH3][Sn]([CH3])([CH3])[c]1cc(Cl)ccc1-c1cocn1. The van der Waals surface area contributed by atoms with Crippen molar-refractivity contribution in [2.75, 3.05) is 0 Å². The second-order valence-corrected chi connectivity index (χ2v) is 19.6. The van der Waals surface area contributed by atoms with Crippen LogP contribution in [0.15, 0.2) is 35.3 Å². The molecule has 1 heterocycles. The molecule has 0 aliphatic carbocycles. The van der Waals surface area contributed by atoms with Gasteiger partial charge in [-0.25, -0.2) is 0 Å². The van der Waals surface area contributed by atoms with E-state index in [1.165, 1.54) is 15.5 Å². The van der Waals surface area contributed by atoms with Crippen molar-refractivity contribution in [2.24, 2.45) is 0 Å². The molecule has 2 aromatic rings. The number of halogens is 1. The molecular formula is C12H14ClNOSn. The molecule has 2 nitrogen and oxygen atoms in total. The van der Waals surface area contributed by atoms with Crippen LogP contribution in [0.5, 0.6) is 0 Å². The maximum atomic E-state index is 6.07. The third-order valence-electron chi connectivity index (χ3n) is 2.50. The van der Waals surface area contributed by atoms with E-state index in [0.717, 1.165) is 10.7 Å². The zero-order chi connectivity index (χ0) is 11.8. The fourth-order valence-corrected chi connectivity index (χ4v) is 6.73. The minimum absolute atomic E-state index is 0.800. The summed E-state index contributed by atoms with van der Waals surface area (Å²) >= 11 is 3.90. The van der Waals surface area contributed by atoms with Crippen LogP contribution in [-0.4, -0.2) is 23.4 Å². The molecule has 0 radical (unpaired) electrons. The van der Waals surface area contributed by atoms with Crippen LogP contribution in [0.1, 0.15) is 0 Å². The van der Waals surface area contributed by atoms with Gasteiger partial charge >= 0.3 is 105 Å². The van der Waals surface area contributed by atoms with Crippen molar-refractivity contribution in [3.63, 3.8) is 0 Å². The van der Waals surface area contributed by atoms with E-state index in [2.05, 4.69) is 25.9 Å². The van der Waals surface area contributed by atoms with Gasteiger partial charge in [0.25, 0.3) is 0 Å². The molecule has 0 saturated heterocycles. The molecule has 84 valence electrons. The van der Waals surface area contributed by atoms with Crippen LogP contribution in [-0.2, 0) is 0 Å². The normalized spacial score (nSPS) is 11.8. The molecule has 0 amide bonds. The van der Waals surface area contributed by atoms with E-state index in [1.54, 1.807) is 6.26 Å². The summed E-state index contributed by atoms with van der Waals surface area (Å²) in [7, 11) is 0. The van der Waals surface area contributed by atoms with Gasteiger partial charge in [-0.3, -0.25) is 0 Å². The van der Waals surface area contributed by atoms with Crippen molar-refractivity contribution in [1.29, 1.82) is 0 Å². The first-order chi connectivity index (χ1) is 7.48. The number of nitrogens with zero attached hydrogens (tertiary/aromatic N) is 1. The second kappa shape index (κ2) is 4.41. The molecule has 0 aliphatic rings. The Hall–Kier alpha value is -0.481. The Morgan fingerprint density at radius 3 is 2.56 bits per heavy atom. The molecule has 0 fully saturated rings. The summed E-state index contributed by atoms with van der Waals surface area (Å²) in [5.41, 5.74) is 2.07. The van der Waals surface area contributed by atoms with Crippen LogP contribution in [0.2, 0.25) is 19.8 Å². The Bertz CT molecular complexity index is 488. The Morgan fingerprint density at radius 2 is 2.00 bits per heavy atom. The summed E-state index contributed by atoms with van der Waals surface area (Å²) in [6.07, 6.45) is 3.15. The first kappa shape index (κ1) is 12.0. The van der Waals surface area contributed by atoms with Gasteiger partial charge in [-0.1, -0.05) is 0 Å². The number of oxazole rings is 1. The van der Waals surface area contributed by atoms with E-state index < -0.39 is 18.4 Å². The fraction of sp³-hybridized carbons (Fsp3) is 0.250. The van der Waals surface area contributed by atoms with Crippen LogP contribution < -0.4 is 3.58 Å². The Labute approximate surface area is 105 Å². The zero-order valence-electron chi connectivity index (χ0n) is 9.62. The maximum absolute atomic E-state index is 6.07. The van der Waals surface area contributed by atoms with E-state index in [0.29, 0.717) is 0 Å². The van der Waals surface area contributed by atoms with Crippen molar-refractivity contribution >= 4 is 33.6 Å². The van der Waals surface area contributed by atoms with Gasteiger partial charge < -0.3 is 0 Å². The number of hydrogen-bond acceptors (Lipinski definition) is 2. The molecule has 1 aromatic carbocycles. The van der Waals surface area contributed by atoms with Crippen LogP contribution in [0.3, 0.4) is 0 Å². The number of benzene rings is 1. The van der Waals surface area contributed by atoms with E-state index in [-0.39, 0.29) is 0 Å². The summed E-state index contributed by atoms with van der Waals surface area (Å²) in [5.74, 6) is 0. The van der Waals surface area contributed by atoms with E-state index in [1.807, 2.05) is 12.1 Å². The van der Waals surface area contributed by atoms with Gasteiger partial charge in [-0.2, -0.15) is 0 Å². The summed E-state index contributed by atoms with van der Waals surface area (Å²) in [6.45, 7) is 0. The van der Waals surface area contributed by atoms with Crippen molar-refractivity contribution in [1.82, 2.24) is 4.98 Å². The first-order valence-corrected chi connectivity index (χ1v) is 15.5. The summed E-state index contributed by atoms with van der Waals surface area (Å²) in [5, 5.41) is 0.800. The topological polar surface area (TPSA) is 26.0 Å². The van der Waals surface area contributed by atoms with Gasteiger partial charge in [0.05, 0.1) is 0 Å². The molecule has 0 spiro atoms. The molecule has 2 rings (SSSR count). The number of rotatable bonds is 2. The van der Waals surface area contributed by atoms with Gasteiger partial charge in [0.15, 0.2) is 0 Å². The van der Waals surface area contributed by atoms with Gasteiger partial charge in [-0.15, -0.1) is 0 Å². The summed E-state index contributed by atoms with van der Waals surface area (Å²) < 4.78 is 6.43. The molecule has 0 saturated carbocycles. The number of aromatic nitrogens is 1. The Balaban J connectivity index is 2.62. The summed E-state index contributed by atoms with van der Waals surface area (Å²) in [6, 6.07) is 6.03. The third kappa shape index (κ3) is 2.43. The molecule has 0 bridgehead atoms.